The number of aliphatic hydroxyl groups excluding tert-OH is 1. The van der Waals surface area contributed by atoms with Crippen molar-refractivity contribution in [3.05, 3.63) is 76.8 Å². The molecule has 0 aliphatic rings. The number of ether oxygens (including phenoxy) is 2. The average Bonchev–Trinajstić information content (AvgIpc) is 3.03. The Balaban J connectivity index is 0.000000826. The van der Waals surface area contributed by atoms with E-state index in [1.54, 1.807) is 32.1 Å². The number of hydrogen-bond donors (Lipinski definition) is 4. The van der Waals surface area contributed by atoms with Gasteiger partial charge in [-0.1, -0.05) is 81.8 Å². The molecule has 0 saturated heterocycles. The van der Waals surface area contributed by atoms with Gasteiger partial charge in [-0.3, -0.25) is 14.4 Å². The third kappa shape index (κ3) is 20.8. The summed E-state index contributed by atoms with van der Waals surface area (Å²) >= 11 is 6.12. The molecule has 11 heteroatoms. The van der Waals surface area contributed by atoms with E-state index >= 15 is 0 Å². The fourth-order valence-corrected chi connectivity index (χ4v) is 4.19. The van der Waals surface area contributed by atoms with Crippen molar-refractivity contribution in [1.82, 2.24) is 10.6 Å². The Labute approximate surface area is 284 Å². The Bertz CT molecular complexity index is 1230. The van der Waals surface area contributed by atoms with Crippen molar-refractivity contribution in [1.29, 1.82) is 0 Å². The molecule has 0 radical (unpaired) electrons. The number of aliphatic hydroxyl groups is 1. The quantitative estimate of drug-likeness (QED) is 0.126. The number of benzene rings is 2. The predicted octanol–water partition coefficient (Wildman–Crippen LogP) is 5.92. The van der Waals surface area contributed by atoms with E-state index in [9.17, 15) is 24.3 Å². The van der Waals surface area contributed by atoms with Gasteiger partial charge in [-0.2, -0.15) is 0 Å². The Kier molecular flexibility index (Phi) is 23.1. The number of carbonyl (C=O) groups is 4. The summed E-state index contributed by atoms with van der Waals surface area (Å²) < 4.78 is 9.85. The fourth-order valence-electron chi connectivity index (χ4n) is 3.91. The smallest absolute Gasteiger partial charge is 0.345 e. The number of carboxylic acids is 1. The van der Waals surface area contributed by atoms with Crippen molar-refractivity contribution in [2.24, 2.45) is 5.92 Å². The summed E-state index contributed by atoms with van der Waals surface area (Å²) in [5, 5.41) is 23.8. The largest absolute Gasteiger partial charge is 0.495 e. The van der Waals surface area contributed by atoms with Crippen molar-refractivity contribution in [3.8, 4) is 5.75 Å². The number of rotatable bonds is 16. The van der Waals surface area contributed by atoms with Gasteiger partial charge in [-0.25, -0.2) is 4.79 Å². The number of aliphatic carboxylic acids is 1. The summed E-state index contributed by atoms with van der Waals surface area (Å²) in [4.78, 5) is 45.8. The molecule has 0 fully saturated rings. The topological polar surface area (TPSA) is 151 Å². The van der Waals surface area contributed by atoms with Crippen LogP contribution in [0.5, 0.6) is 5.75 Å². The molecule has 0 aliphatic carbocycles. The van der Waals surface area contributed by atoms with Gasteiger partial charge >= 0.3 is 11.9 Å². The van der Waals surface area contributed by atoms with Gasteiger partial charge in [-0.15, -0.1) is 0 Å². The molecule has 3 atom stereocenters. The van der Waals surface area contributed by atoms with E-state index in [4.69, 9.17) is 26.2 Å². The molecule has 0 aliphatic heterocycles. The molecule has 2 unspecified atom stereocenters. The van der Waals surface area contributed by atoms with Crippen LogP contribution in [0.3, 0.4) is 0 Å². The maximum Gasteiger partial charge on any atom is 0.345 e. The lowest BCUT2D eigenvalue weighted by Gasteiger charge is -2.18. The highest BCUT2D eigenvalue weighted by Crippen LogP contribution is 2.25. The first-order chi connectivity index (χ1) is 22.3. The number of halogens is 1. The SMILES string of the molecule is CCC(=O)OC(CC(C)C)C(=O)O.CCNC(=O)[C@@H](Cc1ccc(OC)c(Cl)c1)NC(=O)/C=C/CCC(C)O.CCc1ccccc1. The van der Waals surface area contributed by atoms with Gasteiger partial charge in [0, 0.05) is 19.4 Å². The van der Waals surface area contributed by atoms with Crippen LogP contribution in [0.4, 0.5) is 0 Å². The van der Waals surface area contributed by atoms with Crippen LogP contribution >= 0.6 is 11.6 Å². The number of methoxy groups -OCH3 is 1. The molecular formula is C36H53ClN2O8. The monoisotopic (exact) mass is 676 g/mol. The Morgan fingerprint density at radius 1 is 0.979 bits per heavy atom. The van der Waals surface area contributed by atoms with Gasteiger partial charge in [0.15, 0.2) is 6.10 Å². The number of aryl methyl sites for hydroxylation is 1. The molecule has 47 heavy (non-hydrogen) atoms. The van der Waals surface area contributed by atoms with Gasteiger partial charge in [0.2, 0.25) is 11.8 Å². The Morgan fingerprint density at radius 2 is 1.64 bits per heavy atom. The van der Waals surface area contributed by atoms with Crippen molar-refractivity contribution in [2.45, 2.75) is 98.3 Å². The van der Waals surface area contributed by atoms with Gasteiger partial charge in [0.05, 0.1) is 18.2 Å². The molecular weight excluding hydrogens is 624 g/mol. The molecule has 0 bridgehead atoms. The highest BCUT2D eigenvalue weighted by Gasteiger charge is 2.22. The second-order valence-corrected chi connectivity index (χ2v) is 11.5. The lowest BCUT2D eigenvalue weighted by molar-refractivity contribution is -0.164. The summed E-state index contributed by atoms with van der Waals surface area (Å²) in [6, 6.07) is 15.0. The van der Waals surface area contributed by atoms with Crippen LogP contribution in [0.25, 0.3) is 0 Å². The van der Waals surface area contributed by atoms with E-state index in [-0.39, 0.29) is 24.2 Å². The van der Waals surface area contributed by atoms with Crippen LogP contribution in [-0.2, 0) is 36.8 Å². The second-order valence-electron chi connectivity index (χ2n) is 11.1. The van der Waals surface area contributed by atoms with Gasteiger partial charge in [0.1, 0.15) is 11.8 Å². The van der Waals surface area contributed by atoms with Gasteiger partial charge in [0.25, 0.3) is 0 Å². The predicted molar refractivity (Wildman–Crippen MR) is 185 cm³/mol. The summed E-state index contributed by atoms with van der Waals surface area (Å²) in [6.07, 6.45) is 4.85. The Hall–Kier alpha value is -3.89. The number of carboxylic acid groups (broad SMARTS) is 1. The van der Waals surface area contributed by atoms with Crippen LogP contribution in [-0.4, -0.2) is 65.9 Å². The molecule has 2 aromatic carbocycles. The fraction of sp³-hybridized carbons (Fsp3) is 0.500. The maximum absolute atomic E-state index is 12.3. The van der Waals surface area contributed by atoms with Crippen LogP contribution in [0, 0.1) is 5.92 Å². The minimum atomic E-state index is -1.07. The van der Waals surface area contributed by atoms with Crippen molar-refractivity contribution < 1.29 is 38.9 Å². The number of allylic oxidation sites excluding steroid dienone is 1. The molecule has 4 N–H and O–H groups in total. The second kappa shape index (κ2) is 25.2. The lowest BCUT2D eigenvalue weighted by Crippen LogP contribution is -2.47. The molecule has 2 rings (SSSR count). The number of carbonyl (C=O) groups excluding carboxylic acids is 3. The number of amides is 2. The minimum absolute atomic E-state index is 0.200. The number of hydrogen-bond acceptors (Lipinski definition) is 7. The van der Waals surface area contributed by atoms with Crippen molar-refractivity contribution in [2.75, 3.05) is 13.7 Å². The van der Waals surface area contributed by atoms with E-state index < -0.39 is 30.2 Å². The van der Waals surface area contributed by atoms with Gasteiger partial charge < -0.3 is 30.3 Å². The Morgan fingerprint density at radius 3 is 2.11 bits per heavy atom. The highest BCUT2D eigenvalue weighted by atomic mass is 35.5. The molecule has 0 saturated carbocycles. The first-order valence-corrected chi connectivity index (χ1v) is 16.4. The van der Waals surface area contributed by atoms with E-state index in [1.807, 2.05) is 32.9 Å². The zero-order chi connectivity index (χ0) is 35.8. The van der Waals surface area contributed by atoms with E-state index in [0.29, 0.717) is 43.0 Å². The third-order valence-corrected chi connectivity index (χ3v) is 6.73. The number of likely N-dealkylation sites (N-methyl/N-ethyl adjacent to an activating group) is 1. The zero-order valence-electron chi connectivity index (χ0n) is 28.8. The zero-order valence-corrected chi connectivity index (χ0v) is 29.5. The summed E-state index contributed by atoms with van der Waals surface area (Å²) in [7, 11) is 1.53. The molecule has 2 aromatic rings. The van der Waals surface area contributed by atoms with Crippen molar-refractivity contribution >= 4 is 35.4 Å². The molecule has 0 heterocycles. The molecule has 262 valence electrons. The standard InChI is InChI=1S/C19H27ClN2O4.C9H16O4.C8H10/c1-4-21-19(25)16(22-18(24)8-6-5-7-13(2)23)12-14-9-10-17(26-3)15(20)11-14;1-4-8(10)13-7(9(11)12)5-6(2)3;1-2-8-6-4-3-5-7-8/h6,8-11,13,16,23H,4-5,7,12H2,1-3H3,(H,21,25)(H,22,24);6-7H,4-5H2,1-3H3,(H,11,12);3-7H,2H2,1H3/b8-6+;;/t13?,16-;;/m1../s1. The van der Waals surface area contributed by atoms with Gasteiger partial charge in [-0.05, 0) is 74.8 Å². The van der Waals surface area contributed by atoms with E-state index in [1.165, 1.54) is 18.7 Å². The lowest BCUT2D eigenvalue weighted by atomic mass is 10.0. The first-order valence-electron chi connectivity index (χ1n) is 16.0. The van der Waals surface area contributed by atoms with Crippen LogP contribution < -0.4 is 15.4 Å². The minimum Gasteiger partial charge on any atom is -0.495 e. The molecule has 10 nitrogen and oxygen atoms in total. The van der Waals surface area contributed by atoms with Crippen LogP contribution in [0.2, 0.25) is 5.02 Å². The third-order valence-electron chi connectivity index (χ3n) is 6.43. The van der Waals surface area contributed by atoms with Crippen LogP contribution in [0.15, 0.2) is 60.7 Å². The van der Waals surface area contributed by atoms with Crippen molar-refractivity contribution in [3.63, 3.8) is 0 Å². The normalized spacial score (nSPS) is 12.4. The number of nitrogens with one attached hydrogen (secondary N) is 2. The summed E-state index contributed by atoms with van der Waals surface area (Å²) in [5.41, 5.74) is 2.22. The van der Waals surface area contributed by atoms with E-state index in [0.717, 1.165) is 12.0 Å². The average molecular weight is 677 g/mol. The first kappa shape index (κ1) is 43.1. The number of esters is 1. The molecule has 0 aromatic heterocycles. The van der Waals surface area contributed by atoms with Crippen LogP contribution in [0.1, 0.15) is 78.4 Å². The highest BCUT2D eigenvalue weighted by molar-refractivity contribution is 6.32. The molecule has 2 amide bonds. The van der Waals surface area contributed by atoms with E-state index in [2.05, 4.69) is 41.8 Å². The summed E-state index contributed by atoms with van der Waals surface area (Å²) in [5.74, 6) is -1.40. The molecule has 0 spiro atoms. The summed E-state index contributed by atoms with van der Waals surface area (Å²) in [6.45, 7) is 11.5. The maximum atomic E-state index is 12.3.